The molecule has 1 aliphatic heterocycles. The van der Waals surface area contributed by atoms with Gasteiger partial charge in [-0.2, -0.15) is 4.98 Å². The molecule has 8 nitrogen and oxygen atoms in total. The average molecular weight is 508 g/mol. The molecule has 0 saturated carbocycles. The maximum atomic E-state index is 13.6. The van der Waals surface area contributed by atoms with Crippen LogP contribution in [0.15, 0.2) is 65.0 Å². The number of thioether (sulfide) groups is 1. The number of rotatable bonds is 11. The van der Waals surface area contributed by atoms with E-state index in [-0.39, 0.29) is 5.91 Å². The second-order valence-corrected chi connectivity index (χ2v) is 9.68. The van der Waals surface area contributed by atoms with Gasteiger partial charge in [0, 0.05) is 11.4 Å². The highest BCUT2D eigenvalue weighted by atomic mass is 32.2. The Hall–Kier alpha value is -3.46. The van der Waals surface area contributed by atoms with Crippen molar-refractivity contribution >= 4 is 29.3 Å². The van der Waals surface area contributed by atoms with Crippen molar-refractivity contribution in [1.82, 2.24) is 14.8 Å². The molecule has 190 valence electrons. The lowest BCUT2D eigenvalue weighted by atomic mass is 9.94. The SMILES string of the molecule is CCCCCOc1ccc(C2C(C(=O)Nc3ccccc3)=C(C)Nc3nc(SCC)nn32)cc1OC. The molecule has 0 fully saturated rings. The molecule has 0 radical (unpaired) electrons. The molecular formula is C27H33N5O3S. The number of anilines is 2. The van der Waals surface area contributed by atoms with Crippen LogP contribution in [0, 0.1) is 0 Å². The third-order valence-electron chi connectivity index (χ3n) is 5.89. The number of ether oxygens (including phenoxy) is 2. The van der Waals surface area contributed by atoms with Crippen LogP contribution >= 0.6 is 11.8 Å². The number of carbonyl (C=O) groups is 1. The molecule has 1 aliphatic rings. The number of methoxy groups -OCH3 is 1. The molecule has 2 N–H and O–H groups in total. The summed E-state index contributed by atoms with van der Waals surface area (Å²) in [5.74, 6) is 2.54. The van der Waals surface area contributed by atoms with Crippen LogP contribution in [0.3, 0.4) is 0 Å². The number of benzene rings is 2. The van der Waals surface area contributed by atoms with Crippen molar-refractivity contribution in [2.45, 2.75) is 51.2 Å². The van der Waals surface area contributed by atoms with Crippen molar-refractivity contribution in [3.05, 3.63) is 65.4 Å². The van der Waals surface area contributed by atoms with Gasteiger partial charge in [-0.3, -0.25) is 4.79 Å². The van der Waals surface area contributed by atoms with Gasteiger partial charge in [-0.15, -0.1) is 5.10 Å². The fourth-order valence-corrected chi connectivity index (χ4v) is 4.71. The van der Waals surface area contributed by atoms with E-state index in [1.54, 1.807) is 23.6 Å². The zero-order valence-corrected chi connectivity index (χ0v) is 22.0. The van der Waals surface area contributed by atoms with Gasteiger partial charge in [0.15, 0.2) is 11.5 Å². The van der Waals surface area contributed by atoms with Crippen molar-refractivity contribution < 1.29 is 14.3 Å². The Morgan fingerprint density at radius 1 is 1.14 bits per heavy atom. The van der Waals surface area contributed by atoms with Crippen molar-refractivity contribution in [3.63, 3.8) is 0 Å². The van der Waals surface area contributed by atoms with Crippen molar-refractivity contribution in [2.24, 2.45) is 0 Å². The molecular weight excluding hydrogens is 474 g/mol. The Bertz CT molecular complexity index is 1230. The molecule has 1 atom stereocenters. The quantitative estimate of drug-likeness (QED) is 0.247. The van der Waals surface area contributed by atoms with Crippen LogP contribution in [0.4, 0.5) is 11.6 Å². The predicted octanol–water partition coefficient (Wildman–Crippen LogP) is 5.90. The monoisotopic (exact) mass is 507 g/mol. The predicted molar refractivity (Wildman–Crippen MR) is 144 cm³/mol. The van der Waals surface area contributed by atoms with Crippen LogP contribution in [-0.2, 0) is 4.79 Å². The summed E-state index contributed by atoms with van der Waals surface area (Å²) in [4.78, 5) is 18.2. The van der Waals surface area contributed by atoms with Crippen molar-refractivity contribution in [2.75, 3.05) is 30.1 Å². The van der Waals surface area contributed by atoms with E-state index in [2.05, 4.69) is 29.5 Å². The van der Waals surface area contributed by atoms with Crippen LogP contribution in [0.5, 0.6) is 11.5 Å². The van der Waals surface area contributed by atoms with E-state index >= 15 is 0 Å². The first-order chi connectivity index (χ1) is 17.5. The largest absolute Gasteiger partial charge is 0.493 e. The minimum absolute atomic E-state index is 0.207. The number of amides is 1. The number of carbonyl (C=O) groups excluding carboxylic acids is 1. The number of allylic oxidation sites excluding steroid dienone is 1. The molecule has 1 amide bonds. The van der Waals surface area contributed by atoms with Gasteiger partial charge in [0.05, 0.1) is 19.3 Å². The zero-order chi connectivity index (χ0) is 25.5. The molecule has 1 unspecified atom stereocenters. The summed E-state index contributed by atoms with van der Waals surface area (Å²) < 4.78 is 13.4. The van der Waals surface area contributed by atoms with E-state index in [9.17, 15) is 4.79 Å². The van der Waals surface area contributed by atoms with Gasteiger partial charge in [-0.25, -0.2) is 4.68 Å². The van der Waals surface area contributed by atoms with Crippen LogP contribution in [0.1, 0.15) is 51.6 Å². The lowest BCUT2D eigenvalue weighted by Gasteiger charge is -2.29. The molecule has 0 spiro atoms. The summed E-state index contributed by atoms with van der Waals surface area (Å²) in [7, 11) is 1.63. The minimum atomic E-state index is -0.494. The highest BCUT2D eigenvalue weighted by Gasteiger charge is 2.35. The fourth-order valence-electron chi connectivity index (χ4n) is 4.15. The van der Waals surface area contributed by atoms with Gasteiger partial charge in [0.2, 0.25) is 11.1 Å². The van der Waals surface area contributed by atoms with Gasteiger partial charge in [0.1, 0.15) is 6.04 Å². The number of nitrogens with one attached hydrogen (secondary N) is 2. The van der Waals surface area contributed by atoms with Crippen LogP contribution in [0.2, 0.25) is 0 Å². The van der Waals surface area contributed by atoms with Crippen molar-refractivity contribution in [1.29, 1.82) is 0 Å². The Morgan fingerprint density at radius 2 is 1.94 bits per heavy atom. The lowest BCUT2D eigenvalue weighted by Crippen LogP contribution is -2.31. The normalized spacial score (nSPS) is 14.7. The molecule has 4 rings (SSSR count). The summed E-state index contributed by atoms with van der Waals surface area (Å²) in [5.41, 5.74) is 2.86. The zero-order valence-electron chi connectivity index (χ0n) is 21.2. The Morgan fingerprint density at radius 3 is 2.67 bits per heavy atom. The second-order valence-electron chi connectivity index (χ2n) is 8.45. The molecule has 2 heterocycles. The molecule has 1 aromatic heterocycles. The summed E-state index contributed by atoms with van der Waals surface area (Å²) in [6, 6.07) is 14.7. The number of nitrogens with zero attached hydrogens (tertiary/aromatic N) is 3. The third-order valence-corrected chi connectivity index (χ3v) is 6.61. The van der Waals surface area contributed by atoms with E-state index in [0.29, 0.717) is 34.8 Å². The molecule has 0 saturated heterocycles. The summed E-state index contributed by atoms with van der Waals surface area (Å²) in [6.07, 6.45) is 3.24. The Kier molecular flexibility index (Phi) is 8.53. The van der Waals surface area contributed by atoms with Crippen molar-refractivity contribution in [3.8, 4) is 11.5 Å². The van der Waals surface area contributed by atoms with E-state index in [1.165, 1.54) is 0 Å². The molecule has 0 aliphatic carbocycles. The van der Waals surface area contributed by atoms with E-state index in [4.69, 9.17) is 14.6 Å². The Labute approximate surface area is 216 Å². The smallest absolute Gasteiger partial charge is 0.255 e. The second kappa shape index (κ2) is 12.0. The molecule has 3 aromatic rings. The lowest BCUT2D eigenvalue weighted by molar-refractivity contribution is -0.113. The van der Waals surface area contributed by atoms with Crippen LogP contribution < -0.4 is 20.1 Å². The highest BCUT2D eigenvalue weighted by molar-refractivity contribution is 7.99. The van der Waals surface area contributed by atoms with Crippen LogP contribution in [0.25, 0.3) is 0 Å². The summed E-state index contributed by atoms with van der Waals surface area (Å²) >= 11 is 1.56. The highest BCUT2D eigenvalue weighted by Crippen LogP contribution is 2.39. The maximum absolute atomic E-state index is 13.6. The number of para-hydroxylation sites is 1. The average Bonchev–Trinajstić information content (AvgIpc) is 3.28. The number of unbranched alkanes of at least 4 members (excludes halogenated alkanes) is 2. The van der Waals surface area contributed by atoms with E-state index in [0.717, 1.165) is 42.0 Å². The summed E-state index contributed by atoms with van der Waals surface area (Å²) in [6.45, 7) is 6.74. The molecule has 2 aromatic carbocycles. The van der Waals surface area contributed by atoms with E-state index < -0.39 is 6.04 Å². The van der Waals surface area contributed by atoms with Gasteiger partial charge >= 0.3 is 0 Å². The van der Waals surface area contributed by atoms with E-state index in [1.807, 2.05) is 55.5 Å². The maximum Gasteiger partial charge on any atom is 0.255 e. The van der Waals surface area contributed by atoms with Gasteiger partial charge in [-0.05, 0) is 48.9 Å². The molecule has 9 heteroatoms. The first-order valence-corrected chi connectivity index (χ1v) is 13.3. The number of fused-ring (bicyclic) bond motifs is 1. The molecule has 0 bridgehead atoms. The fraction of sp³-hybridized carbons (Fsp3) is 0.370. The first kappa shape index (κ1) is 25.6. The van der Waals surface area contributed by atoms with Gasteiger partial charge < -0.3 is 20.1 Å². The summed E-state index contributed by atoms with van der Waals surface area (Å²) in [5, 5.41) is 11.7. The third kappa shape index (κ3) is 5.67. The van der Waals surface area contributed by atoms with Crippen LogP contribution in [-0.4, -0.2) is 40.1 Å². The molecule has 36 heavy (non-hydrogen) atoms. The Balaban J connectivity index is 1.73. The standard InChI is InChI=1S/C27H33N5O3S/c1-5-7-11-16-35-21-15-14-19(17-22(21)34-4)24-23(25(33)29-20-12-9-8-10-13-20)18(3)28-26-30-27(36-6-2)31-32(24)26/h8-10,12-15,17,24H,5-7,11,16H2,1-4H3,(H,29,33)(H,28,30,31). The minimum Gasteiger partial charge on any atom is -0.493 e. The number of hydrogen-bond acceptors (Lipinski definition) is 7. The number of aromatic nitrogens is 3. The van der Waals surface area contributed by atoms with Gasteiger partial charge in [-0.1, -0.05) is 62.7 Å². The number of hydrogen-bond donors (Lipinski definition) is 2. The first-order valence-electron chi connectivity index (χ1n) is 12.3. The van der Waals surface area contributed by atoms with Gasteiger partial charge in [0.25, 0.3) is 5.91 Å². The topological polar surface area (TPSA) is 90.3 Å².